The van der Waals surface area contributed by atoms with Crippen LogP contribution < -0.4 is 4.90 Å². The first-order valence-corrected chi connectivity index (χ1v) is 9.62. The minimum absolute atomic E-state index is 0.160. The molecule has 0 saturated carbocycles. The second kappa shape index (κ2) is 5.91. The first-order chi connectivity index (χ1) is 10.8. The highest BCUT2D eigenvalue weighted by molar-refractivity contribution is 7.92. The number of nitrogens with zero attached hydrogens (tertiary/aromatic N) is 3. The zero-order valence-corrected chi connectivity index (χ0v) is 14.9. The minimum Gasteiger partial charge on any atom is -0.369 e. The van der Waals surface area contributed by atoms with Gasteiger partial charge in [0.05, 0.1) is 16.6 Å². The van der Waals surface area contributed by atoms with Crippen molar-refractivity contribution in [2.75, 3.05) is 31.1 Å². The van der Waals surface area contributed by atoms with Crippen LogP contribution in [-0.4, -0.2) is 55.3 Å². The largest absolute Gasteiger partial charge is 0.369 e. The number of hydrogen-bond acceptors (Lipinski definition) is 5. The van der Waals surface area contributed by atoms with E-state index in [1.54, 1.807) is 33.0 Å². The van der Waals surface area contributed by atoms with Crippen LogP contribution in [0.1, 0.15) is 27.2 Å². The average molecular weight is 335 g/mol. The SMILES string of the molecule is CC(C)(C)S(=O)(=O)c1ccc(N2CC[C@H](N3CC=CC3)C2)cn1. The van der Waals surface area contributed by atoms with Crippen LogP contribution in [0, 0.1) is 0 Å². The van der Waals surface area contributed by atoms with Crippen LogP contribution in [0.5, 0.6) is 0 Å². The fourth-order valence-electron chi connectivity index (χ4n) is 3.10. The molecular weight excluding hydrogens is 310 g/mol. The third kappa shape index (κ3) is 3.15. The molecule has 0 bridgehead atoms. The number of anilines is 1. The topological polar surface area (TPSA) is 53.5 Å². The summed E-state index contributed by atoms with van der Waals surface area (Å²) in [6.07, 6.45) is 7.28. The van der Waals surface area contributed by atoms with Gasteiger partial charge in [0.1, 0.15) is 0 Å². The standard InChI is InChI=1S/C17H25N3O2S/c1-17(2,3)23(21,22)16-7-6-14(12-18-16)20-11-8-15(13-20)19-9-4-5-10-19/h4-7,12,15H,8-11,13H2,1-3H3/t15-/m0/s1. The van der Waals surface area contributed by atoms with E-state index in [9.17, 15) is 8.42 Å². The third-order valence-corrected chi connectivity index (χ3v) is 7.10. The smallest absolute Gasteiger partial charge is 0.200 e. The lowest BCUT2D eigenvalue weighted by Gasteiger charge is -2.24. The van der Waals surface area contributed by atoms with Crippen molar-refractivity contribution in [3.05, 3.63) is 30.5 Å². The van der Waals surface area contributed by atoms with Gasteiger partial charge in [-0.1, -0.05) is 12.2 Å². The van der Waals surface area contributed by atoms with Gasteiger partial charge in [0.15, 0.2) is 14.9 Å². The van der Waals surface area contributed by atoms with Crippen molar-refractivity contribution in [1.82, 2.24) is 9.88 Å². The molecule has 1 saturated heterocycles. The summed E-state index contributed by atoms with van der Waals surface area (Å²) in [5.74, 6) is 0. The molecule has 1 atom stereocenters. The van der Waals surface area contributed by atoms with Crippen LogP contribution in [0.2, 0.25) is 0 Å². The van der Waals surface area contributed by atoms with Gasteiger partial charge in [0.2, 0.25) is 0 Å². The van der Waals surface area contributed by atoms with Gasteiger partial charge in [-0.05, 0) is 39.3 Å². The van der Waals surface area contributed by atoms with E-state index < -0.39 is 14.6 Å². The molecule has 0 N–H and O–H groups in total. The Hall–Kier alpha value is -1.40. The van der Waals surface area contributed by atoms with Crippen LogP contribution in [-0.2, 0) is 9.84 Å². The maximum Gasteiger partial charge on any atom is 0.200 e. The highest BCUT2D eigenvalue weighted by Crippen LogP contribution is 2.27. The molecule has 0 aromatic carbocycles. The van der Waals surface area contributed by atoms with E-state index in [1.807, 2.05) is 6.07 Å². The molecule has 0 spiro atoms. The summed E-state index contributed by atoms with van der Waals surface area (Å²) in [4.78, 5) is 9.00. The van der Waals surface area contributed by atoms with Crippen molar-refractivity contribution < 1.29 is 8.42 Å². The molecule has 1 aromatic rings. The van der Waals surface area contributed by atoms with Gasteiger partial charge in [-0.15, -0.1) is 0 Å². The number of hydrogen-bond donors (Lipinski definition) is 0. The highest BCUT2D eigenvalue weighted by Gasteiger charge is 2.33. The quantitative estimate of drug-likeness (QED) is 0.792. The van der Waals surface area contributed by atoms with Crippen molar-refractivity contribution in [1.29, 1.82) is 0 Å². The number of rotatable bonds is 3. The molecule has 126 valence electrons. The highest BCUT2D eigenvalue weighted by atomic mass is 32.2. The Morgan fingerprint density at radius 1 is 1.17 bits per heavy atom. The third-order valence-electron chi connectivity index (χ3n) is 4.69. The van der Waals surface area contributed by atoms with Crippen LogP contribution in [0.3, 0.4) is 0 Å². The molecule has 5 nitrogen and oxygen atoms in total. The van der Waals surface area contributed by atoms with Gasteiger partial charge in [-0.3, -0.25) is 4.90 Å². The van der Waals surface area contributed by atoms with E-state index in [0.29, 0.717) is 6.04 Å². The van der Waals surface area contributed by atoms with E-state index in [1.165, 1.54) is 0 Å². The molecule has 23 heavy (non-hydrogen) atoms. The van der Waals surface area contributed by atoms with E-state index >= 15 is 0 Å². The van der Waals surface area contributed by atoms with E-state index in [4.69, 9.17) is 0 Å². The Labute approximate surface area is 138 Å². The minimum atomic E-state index is -3.39. The molecule has 3 heterocycles. The van der Waals surface area contributed by atoms with Crippen molar-refractivity contribution in [2.24, 2.45) is 0 Å². The van der Waals surface area contributed by atoms with E-state index in [2.05, 4.69) is 26.9 Å². The van der Waals surface area contributed by atoms with Crippen molar-refractivity contribution in [2.45, 2.75) is 43.0 Å². The van der Waals surface area contributed by atoms with E-state index in [-0.39, 0.29) is 5.03 Å². The first kappa shape index (κ1) is 16.5. The Bertz CT molecular complexity index is 682. The normalized spacial score (nSPS) is 22.9. The predicted octanol–water partition coefficient (Wildman–Crippen LogP) is 2.10. The fourth-order valence-corrected chi connectivity index (χ4v) is 4.17. The van der Waals surface area contributed by atoms with Crippen LogP contribution in [0.4, 0.5) is 5.69 Å². The molecule has 0 amide bonds. The van der Waals surface area contributed by atoms with Gasteiger partial charge in [0, 0.05) is 32.2 Å². The van der Waals surface area contributed by atoms with Gasteiger partial charge >= 0.3 is 0 Å². The molecule has 0 radical (unpaired) electrons. The molecule has 2 aliphatic heterocycles. The van der Waals surface area contributed by atoms with Gasteiger partial charge in [-0.25, -0.2) is 13.4 Å². The molecule has 1 fully saturated rings. The Kier molecular flexibility index (Phi) is 4.23. The molecule has 2 aliphatic rings. The molecule has 3 rings (SSSR count). The van der Waals surface area contributed by atoms with Crippen molar-refractivity contribution in [3.63, 3.8) is 0 Å². The second-order valence-electron chi connectivity index (χ2n) is 7.28. The zero-order valence-electron chi connectivity index (χ0n) is 14.1. The maximum absolute atomic E-state index is 12.4. The van der Waals surface area contributed by atoms with Crippen LogP contribution >= 0.6 is 0 Å². The fraction of sp³-hybridized carbons (Fsp3) is 0.588. The van der Waals surface area contributed by atoms with Gasteiger partial charge in [-0.2, -0.15) is 0 Å². The zero-order chi connectivity index (χ0) is 16.7. The first-order valence-electron chi connectivity index (χ1n) is 8.14. The monoisotopic (exact) mass is 335 g/mol. The lowest BCUT2D eigenvalue weighted by atomic mass is 10.2. The molecule has 0 unspecified atom stereocenters. The van der Waals surface area contributed by atoms with Crippen molar-refractivity contribution in [3.8, 4) is 0 Å². The average Bonchev–Trinajstić information content (AvgIpc) is 3.17. The summed E-state index contributed by atoms with van der Waals surface area (Å²) in [5, 5.41) is 0.160. The molecular formula is C17H25N3O2S. The van der Waals surface area contributed by atoms with Gasteiger partial charge in [0.25, 0.3) is 0 Å². The maximum atomic E-state index is 12.4. The van der Waals surface area contributed by atoms with Crippen molar-refractivity contribution >= 4 is 15.5 Å². The summed E-state index contributed by atoms with van der Waals surface area (Å²) in [7, 11) is -3.39. The van der Waals surface area contributed by atoms with E-state index in [0.717, 1.165) is 38.3 Å². The molecule has 0 aliphatic carbocycles. The molecule has 1 aromatic heterocycles. The summed E-state index contributed by atoms with van der Waals surface area (Å²) in [6.45, 7) is 9.16. The molecule has 6 heteroatoms. The number of aromatic nitrogens is 1. The lowest BCUT2D eigenvalue weighted by molar-refractivity contribution is 0.271. The van der Waals surface area contributed by atoms with Crippen LogP contribution in [0.25, 0.3) is 0 Å². The Balaban J connectivity index is 1.71. The number of pyridine rings is 1. The predicted molar refractivity (Wildman–Crippen MR) is 92.5 cm³/mol. The van der Waals surface area contributed by atoms with Crippen LogP contribution in [0.15, 0.2) is 35.5 Å². The summed E-state index contributed by atoms with van der Waals surface area (Å²) >= 11 is 0. The summed E-state index contributed by atoms with van der Waals surface area (Å²) in [6, 6.07) is 4.10. The van der Waals surface area contributed by atoms with Gasteiger partial charge < -0.3 is 4.90 Å². The summed E-state index contributed by atoms with van der Waals surface area (Å²) < 4.78 is 24.0. The number of sulfone groups is 1. The second-order valence-corrected chi connectivity index (χ2v) is 9.93. The lowest BCUT2D eigenvalue weighted by Crippen LogP contribution is -2.35. The Morgan fingerprint density at radius 2 is 1.87 bits per heavy atom. The Morgan fingerprint density at radius 3 is 2.43 bits per heavy atom. The summed E-state index contributed by atoms with van der Waals surface area (Å²) in [5.41, 5.74) is 1.01.